The average molecular weight is 343 g/mol. The van der Waals surface area contributed by atoms with Gasteiger partial charge in [-0.2, -0.15) is 0 Å². The lowest BCUT2D eigenvalue weighted by molar-refractivity contribution is -0.130. The molecule has 1 saturated heterocycles. The summed E-state index contributed by atoms with van der Waals surface area (Å²) in [5.74, 6) is 0.755. The molecule has 3 rings (SSSR count). The minimum absolute atomic E-state index is 0.118. The minimum Gasteiger partial charge on any atom is -0.459 e. The van der Waals surface area contributed by atoms with Gasteiger partial charge in [-0.05, 0) is 46.4 Å². The molecule has 6 nitrogen and oxygen atoms in total. The van der Waals surface area contributed by atoms with Crippen molar-refractivity contribution in [3.8, 4) is 0 Å². The molecule has 1 aliphatic heterocycles. The third-order valence-corrected chi connectivity index (χ3v) is 4.85. The van der Waals surface area contributed by atoms with Crippen LogP contribution in [0.5, 0.6) is 0 Å². The summed E-state index contributed by atoms with van der Waals surface area (Å²) in [5.41, 5.74) is 0.0872. The van der Waals surface area contributed by atoms with Gasteiger partial charge in [0.2, 0.25) is 0 Å². The normalized spacial score (nSPS) is 18.2. The van der Waals surface area contributed by atoms with Crippen LogP contribution in [0.15, 0.2) is 34.7 Å². The van der Waals surface area contributed by atoms with Gasteiger partial charge in [-0.15, -0.1) is 0 Å². The second kappa shape index (κ2) is 6.52. The van der Waals surface area contributed by atoms with E-state index in [0.717, 1.165) is 29.7 Å². The van der Waals surface area contributed by atoms with Crippen LogP contribution in [0.1, 0.15) is 39.0 Å². The van der Waals surface area contributed by atoms with Crippen LogP contribution in [0.2, 0.25) is 0 Å². The summed E-state index contributed by atoms with van der Waals surface area (Å²) in [5, 5.41) is 3.80. The molecule has 3 amide bonds. The highest BCUT2D eigenvalue weighted by Crippen LogP contribution is 2.26. The van der Waals surface area contributed by atoms with Crippen LogP contribution >= 0.6 is 0 Å². The fourth-order valence-electron chi connectivity index (χ4n) is 3.12. The first-order chi connectivity index (χ1) is 11.8. The number of carbonyl (C=O) groups is 2. The number of nitrogens with zero attached hydrogens (tertiary/aromatic N) is 2. The van der Waals surface area contributed by atoms with Crippen LogP contribution in [0.25, 0.3) is 11.0 Å². The van der Waals surface area contributed by atoms with Crippen molar-refractivity contribution < 1.29 is 14.0 Å². The van der Waals surface area contributed by atoms with Gasteiger partial charge in [0.05, 0.1) is 6.04 Å². The Morgan fingerprint density at radius 3 is 2.64 bits per heavy atom. The van der Waals surface area contributed by atoms with E-state index in [4.69, 9.17) is 4.42 Å². The highest BCUT2D eigenvalue weighted by atomic mass is 16.3. The third kappa shape index (κ3) is 3.39. The molecule has 134 valence electrons. The van der Waals surface area contributed by atoms with Crippen molar-refractivity contribution in [3.63, 3.8) is 0 Å². The van der Waals surface area contributed by atoms with Crippen molar-refractivity contribution in [1.82, 2.24) is 15.1 Å². The van der Waals surface area contributed by atoms with Gasteiger partial charge < -0.3 is 9.73 Å². The lowest BCUT2D eigenvalue weighted by Crippen LogP contribution is -2.40. The SMILES string of the molecule is C[C@@H](c1cc2ccccc2o1)N(C)CCCN1C(=O)NC(C)(C)C1=O. The summed E-state index contributed by atoms with van der Waals surface area (Å²) < 4.78 is 5.92. The fraction of sp³-hybridized carbons (Fsp3) is 0.474. The van der Waals surface area contributed by atoms with Gasteiger partial charge in [-0.3, -0.25) is 14.6 Å². The number of para-hydroxylation sites is 1. The number of amides is 3. The first kappa shape index (κ1) is 17.5. The van der Waals surface area contributed by atoms with E-state index in [9.17, 15) is 9.59 Å². The molecule has 25 heavy (non-hydrogen) atoms. The molecule has 0 spiro atoms. The number of carbonyl (C=O) groups excluding carboxylic acids is 2. The lowest BCUT2D eigenvalue weighted by Gasteiger charge is -2.24. The molecular formula is C19H25N3O3. The van der Waals surface area contributed by atoms with E-state index < -0.39 is 5.54 Å². The number of urea groups is 1. The molecule has 1 N–H and O–H groups in total. The van der Waals surface area contributed by atoms with Crippen LogP contribution in [0, 0.1) is 0 Å². The number of benzene rings is 1. The first-order valence-corrected chi connectivity index (χ1v) is 8.62. The summed E-state index contributed by atoms with van der Waals surface area (Å²) in [4.78, 5) is 27.6. The number of hydrogen-bond acceptors (Lipinski definition) is 4. The minimum atomic E-state index is -0.801. The second-order valence-corrected chi connectivity index (χ2v) is 7.21. The topological polar surface area (TPSA) is 65.8 Å². The summed E-state index contributed by atoms with van der Waals surface area (Å²) in [7, 11) is 2.02. The zero-order valence-electron chi connectivity index (χ0n) is 15.2. The molecule has 1 fully saturated rings. The van der Waals surface area contributed by atoms with Gasteiger partial charge in [-0.25, -0.2) is 4.79 Å². The molecule has 1 atom stereocenters. The maximum atomic E-state index is 12.2. The third-order valence-electron chi connectivity index (χ3n) is 4.85. The van der Waals surface area contributed by atoms with Crippen LogP contribution in [-0.2, 0) is 4.79 Å². The van der Waals surface area contributed by atoms with E-state index in [-0.39, 0.29) is 18.0 Å². The molecule has 0 radical (unpaired) electrons. The smallest absolute Gasteiger partial charge is 0.325 e. The Bertz CT molecular complexity index is 763. The van der Waals surface area contributed by atoms with Gasteiger partial charge in [0.1, 0.15) is 16.9 Å². The molecule has 0 bridgehead atoms. The van der Waals surface area contributed by atoms with Gasteiger partial charge in [0.25, 0.3) is 5.91 Å². The maximum Gasteiger partial charge on any atom is 0.325 e. The largest absolute Gasteiger partial charge is 0.459 e. The fourth-order valence-corrected chi connectivity index (χ4v) is 3.12. The molecule has 6 heteroatoms. The van der Waals surface area contributed by atoms with E-state index in [1.807, 2.05) is 31.3 Å². The maximum absolute atomic E-state index is 12.2. The molecule has 0 unspecified atom stereocenters. The van der Waals surface area contributed by atoms with E-state index in [2.05, 4.69) is 23.2 Å². The Balaban J connectivity index is 1.56. The molecule has 0 saturated carbocycles. The summed E-state index contributed by atoms with van der Waals surface area (Å²) >= 11 is 0. The molecular weight excluding hydrogens is 318 g/mol. The van der Waals surface area contributed by atoms with Gasteiger partial charge in [0, 0.05) is 18.5 Å². The highest BCUT2D eigenvalue weighted by molar-refractivity contribution is 6.06. The molecule has 0 aliphatic carbocycles. The van der Waals surface area contributed by atoms with Crippen molar-refractivity contribution in [2.75, 3.05) is 20.1 Å². The number of fused-ring (bicyclic) bond motifs is 1. The lowest BCUT2D eigenvalue weighted by atomic mass is 10.1. The van der Waals surface area contributed by atoms with E-state index in [0.29, 0.717) is 6.54 Å². The van der Waals surface area contributed by atoms with Gasteiger partial charge in [0.15, 0.2) is 0 Å². The van der Waals surface area contributed by atoms with Crippen molar-refractivity contribution in [2.24, 2.45) is 0 Å². The highest BCUT2D eigenvalue weighted by Gasteiger charge is 2.43. The summed E-state index contributed by atoms with van der Waals surface area (Å²) in [6, 6.07) is 9.84. The standard InChI is InChI=1S/C19H25N3O3/c1-13(16-12-14-8-5-6-9-15(14)25-16)21(4)10-7-11-22-17(23)19(2,3)20-18(22)24/h5-6,8-9,12-13H,7,10-11H2,1-4H3,(H,20,24)/t13-/m0/s1. The number of furan rings is 1. The Hall–Kier alpha value is -2.34. The molecule has 1 aromatic heterocycles. The Morgan fingerprint density at radius 2 is 2.00 bits per heavy atom. The summed E-state index contributed by atoms with van der Waals surface area (Å²) in [6.07, 6.45) is 0.719. The number of imide groups is 1. The van der Waals surface area contributed by atoms with Crippen molar-refractivity contribution in [2.45, 2.75) is 38.8 Å². The Morgan fingerprint density at radius 1 is 1.28 bits per heavy atom. The predicted molar refractivity (Wildman–Crippen MR) is 96.2 cm³/mol. The Labute approximate surface area is 147 Å². The van der Waals surface area contributed by atoms with Gasteiger partial charge in [-0.1, -0.05) is 18.2 Å². The predicted octanol–water partition coefficient (Wildman–Crippen LogP) is 3.15. The molecule has 1 aromatic carbocycles. The van der Waals surface area contributed by atoms with Crippen molar-refractivity contribution in [1.29, 1.82) is 0 Å². The monoisotopic (exact) mass is 343 g/mol. The van der Waals surface area contributed by atoms with Crippen LogP contribution in [0.4, 0.5) is 4.79 Å². The Kier molecular flexibility index (Phi) is 4.56. The van der Waals surface area contributed by atoms with E-state index >= 15 is 0 Å². The molecule has 2 aromatic rings. The van der Waals surface area contributed by atoms with Crippen molar-refractivity contribution >= 4 is 22.9 Å². The van der Waals surface area contributed by atoms with E-state index in [1.54, 1.807) is 13.8 Å². The van der Waals surface area contributed by atoms with Crippen molar-refractivity contribution in [3.05, 3.63) is 36.1 Å². The number of rotatable bonds is 6. The summed E-state index contributed by atoms with van der Waals surface area (Å²) in [6.45, 7) is 6.72. The zero-order chi connectivity index (χ0) is 18.2. The molecule has 2 heterocycles. The van der Waals surface area contributed by atoms with Crippen LogP contribution in [0.3, 0.4) is 0 Å². The quantitative estimate of drug-likeness (QED) is 0.818. The van der Waals surface area contributed by atoms with Gasteiger partial charge >= 0.3 is 6.03 Å². The number of nitrogens with one attached hydrogen (secondary N) is 1. The number of hydrogen-bond donors (Lipinski definition) is 1. The average Bonchev–Trinajstić information content (AvgIpc) is 3.07. The van der Waals surface area contributed by atoms with Crippen LogP contribution < -0.4 is 5.32 Å². The van der Waals surface area contributed by atoms with Crippen LogP contribution in [-0.4, -0.2) is 47.4 Å². The first-order valence-electron chi connectivity index (χ1n) is 8.62. The van der Waals surface area contributed by atoms with E-state index in [1.165, 1.54) is 4.90 Å². The molecule has 1 aliphatic rings. The second-order valence-electron chi connectivity index (χ2n) is 7.21. The zero-order valence-corrected chi connectivity index (χ0v) is 15.2.